The van der Waals surface area contributed by atoms with Gasteiger partial charge < -0.3 is 4.90 Å². The standard InChI is InChI=1S/C19H20N4O/c24-19(22-11-3-1-2-4-12-22)16-8-6-15(7-9-16)17-14-21-23-13-5-10-20-18(17)23/h5-10,13-14H,1-4,11-12H2. The molecular formula is C19H20N4O. The lowest BCUT2D eigenvalue weighted by Gasteiger charge is -2.20. The van der Waals surface area contributed by atoms with Crippen molar-refractivity contribution in [3.05, 3.63) is 54.5 Å². The summed E-state index contributed by atoms with van der Waals surface area (Å²) >= 11 is 0. The zero-order chi connectivity index (χ0) is 16.4. The SMILES string of the molecule is O=C(c1ccc(-c2cnn3cccnc23)cc1)N1CCCCCC1. The number of rotatable bonds is 2. The van der Waals surface area contributed by atoms with Gasteiger partial charge in [0, 0.05) is 36.6 Å². The van der Waals surface area contributed by atoms with Gasteiger partial charge in [0.1, 0.15) is 0 Å². The molecular weight excluding hydrogens is 300 g/mol. The van der Waals surface area contributed by atoms with Crippen LogP contribution in [0.15, 0.2) is 48.9 Å². The molecule has 0 aliphatic carbocycles. The Hall–Kier alpha value is -2.69. The molecule has 5 nitrogen and oxygen atoms in total. The minimum absolute atomic E-state index is 0.140. The number of likely N-dealkylation sites (tertiary alicyclic amines) is 1. The Balaban J connectivity index is 1.59. The van der Waals surface area contributed by atoms with E-state index in [4.69, 9.17) is 0 Å². The van der Waals surface area contributed by atoms with Crippen molar-refractivity contribution in [3.8, 4) is 11.1 Å². The smallest absolute Gasteiger partial charge is 0.253 e. The molecule has 3 heterocycles. The van der Waals surface area contributed by atoms with Crippen molar-refractivity contribution >= 4 is 11.6 Å². The van der Waals surface area contributed by atoms with Crippen LogP contribution < -0.4 is 0 Å². The van der Waals surface area contributed by atoms with Gasteiger partial charge in [-0.1, -0.05) is 25.0 Å². The van der Waals surface area contributed by atoms with Gasteiger partial charge in [-0.3, -0.25) is 4.79 Å². The van der Waals surface area contributed by atoms with Gasteiger partial charge in [0.2, 0.25) is 0 Å². The fraction of sp³-hybridized carbons (Fsp3) is 0.316. The molecule has 1 aromatic carbocycles. The van der Waals surface area contributed by atoms with Crippen LogP contribution in [0.25, 0.3) is 16.8 Å². The van der Waals surface area contributed by atoms with Crippen LogP contribution in [-0.4, -0.2) is 38.5 Å². The highest BCUT2D eigenvalue weighted by Gasteiger charge is 2.17. The van der Waals surface area contributed by atoms with E-state index in [-0.39, 0.29) is 5.91 Å². The molecule has 0 radical (unpaired) electrons. The third kappa shape index (κ3) is 2.77. The lowest BCUT2D eigenvalue weighted by Crippen LogP contribution is -2.31. The number of hydrogen-bond donors (Lipinski definition) is 0. The number of amides is 1. The van der Waals surface area contributed by atoms with Crippen molar-refractivity contribution < 1.29 is 4.79 Å². The molecule has 0 unspecified atom stereocenters. The van der Waals surface area contributed by atoms with Crippen molar-refractivity contribution in [2.45, 2.75) is 25.7 Å². The maximum Gasteiger partial charge on any atom is 0.253 e. The number of carbonyl (C=O) groups excluding carboxylic acids is 1. The molecule has 1 fully saturated rings. The fourth-order valence-electron chi connectivity index (χ4n) is 3.28. The predicted molar refractivity (Wildman–Crippen MR) is 92.8 cm³/mol. The van der Waals surface area contributed by atoms with E-state index in [0.29, 0.717) is 0 Å². The molecule has 122 valence electrons. The Labute approximate surface area is 140 Å². The van der Waals surface area contributed by atoms with Gasteiger partial charge in [0.25, 0.3) is 5.91 Å². The van der Waals surface area contributed by atoms with Gasteiger partial charge in [0.15, 0.2) is 5.65 Å². The maximum absolute atomic E-state index is 12.7. The number of benzene rings is 1. The molecule has 0 bridgehead atoms. The maximum atomic E-state index is 12.7. The van der Waals surface area contributed by atoms with Gasteiger partial charge in [0.05, 0.1) is 6.20 Å². The molecule has 24 heavy (non-hydrogen) atoms. The summed E-state index contributed by atoms with van der Waals surface area (Å²) in [6, 6.07) is 9.64. The van der Waals surface area contributed by atoms with Crippen molar-refractivity contribution in [3.63, 3.8) is 0 Å². The number of nitrogens with zero attached hydrogens (tertiary/aromatic N) is 4. The van der Waals surface area contributed by atoms with Gasteiger partial charge in [-0.2, -0.15) is 5.10 Å². The van der Waals surface area contributed by atoms with Crippen LogP contribution in [0.4, 0.5) is 0 Å². The highest BCUT2D eigenvalue weighted by Crippen LogP contribution is 2.24. The lowest BCUT2D eigenvalue weighted by atomic mass is 10.1. The average molecular weight is 320 g/mol. The number of aromatic nitrogens is 3. The van der Waals surface area contributed by atoms with Crippen LogP contribution in [-0.2, 0) is 0 Å². The highest BCUT2D eigenvalue weighted by molar-refractivity contribution is 5.95. The van der Waals surface area contributed by atoms with Crippen LogP contribution in [0.1, 0.15) is 36.0 Å². The van der Waals surface area contributed by atoms with E-state index < -0.39 is 0 Å². The summed E-state index contributed by atoms with van der Waals surface area (Å²) in [5.74, 6) is 0.140. The van der Waals surface area contributed by atoms with Crippen molar-refractivity contribution in [2.24, 2.45) is 0 Å². The van der Waals surface area contributed by atoms with Crippen LogP contribution in [0, 0.1) is 0 Å². The number of carbonyl (C=O) groups is 1. The molecule has 1 saturated heterocycles. The summed E-state index contributed by atoms with van der Waals surface area (Å²) in [5.41, 5.74) is 3.58. The molecule has 1 amide bonds. The Kier molecular flexibility index (Phi) is 3.99. The normalized spacial score (nSPS) is 15.4. The summed E-state index contributed by atoms with van der Waals surface area (Å²) in [7, 11) is 0. The van der Waals surface area contributed by atoms with Crippen molar-refractivity contribution in [1.82, 2.24) is 19.5 Å². The topological polar surface area (TPSA) is 50.5 Å². The first-order valence-electron chi connectivity index (χ1n) is 8.51. The molecule has 2 aromatic heterocycles. The molecule has 0 spiro atoms. The minimum atomic E-state index is 0.140. The Morgan fingerprint density at radius 3 is 2.50 bits per heavy atom. The van der Waals surface area contributed by atoms with Crippen LogP contribution in [0.5, 0.6) is 0 Å². The molecule has 0 atom stereocenters. The fourth-order valence-corrected chi connectivity index (χ4v) is 3.28. The van der Waals surface area contributed by atoms with Gasteiger partial charge in [-0.25, -0.2) is 9.50 Å². The molecule has 0 N–H and O–H groups in total. The second-order valence-electron chi connectivity index (χ2n) is 6.23. The van der Waals surface area contributed by atoms with E-state index in [1.54, 1.807) is 10.7 Å². The van der Waals surface area contributed by atoms with Crippen molar-refractivity contribution in [1.29, 1.82) is 0 Å². The highest BCUT2D eigenvalue weighted by atomic mass is 16.2. The molecule has 1 aliphatic rings. The first-order valence-corrected chi connectivity index (χ1v) is 8.51. The second-order valence-corrected chi connectivity index (χ2v) is 6.23. The van der Waals surface area contributed by atoms with Gasteiger partial charge in [-0.05, 0) is 36.6 Å². The predicted octanol–water partition coefficient (Wildman–Crippen LogP) is 3.41. The molecule has 3 aromatic rings. The summed E-state index contributed by atoms with van der Waals surface area (Å²) in [6.45, 7) is 1.75. The Morgan fingerprint density at radius 2 is 1.75 bits per heavy atom. The van der Waals surface area contributed by atoms with Gasteiger partial charge in [-0.15, -0.1) is 0 Å². The Morgan fingerprint density at radius 1 is 1.00 bits per heavy atom. The van der Waals surface area contributed by atoms with E-state index in [1.807, 2.05) is 47.6 Å². The van der Waals surface area contributed by atoms with Crippen LogP contribution >= 0.6 is 0 Å². The zero-order valence-electron chi connectivity index (χ0n) is 13.6. The summed E-state index contributed by atoms with van der Waals surface area (Å²) in [5, 5.41) is 4.32. The quantitative estimate of drug-likeness (QED) is 0.727. The molecule has 0 saturated carbocycles. The van der Waals surface area contributed by atoms with E-state index >= 15 is 0 Å². The van der Waals surface area contributed by atoms with Crippen LogP contribution in [0.2, 0.25) is 0 Å². The molecule has 5 heteroatoms. The monoisotopic (exact) mass is 320 g/mol. The average Bonchev–Trinajstić information content (AvgIpc) is 2.87. The number of hydrogen-bond acceptors (Lipinski definition) is 3. The second kappa shape index (κ2) is 6.43. The largest absolute Gasteiger partial charge is 0.339 e. The summed E-state index contributed by atoms with van der Waals surface area (Å²) in [4.78, 5) is 19.0. The van der Waals surface area contributed by atoms with E-state index in [2.05, 4.69) is 10.1 Å². The van der Waals surface area contributed by atoms with Gasteiger partial charge >= 0.3 is 0 Å². The third-order valence-electron chi connectivity index (χ3n) is 4.62. The summed E-state index contributed by atoms with van der Waals surface area (Å²) in [6.07, 6.45) is 10.1. The molecule has 1 aliphatic heterocycles. The lowest BCUT2D eigenvalue weighted by molar-refractivity contribution is 0.0761. The Bertz CT molecular complexity index is 845. The first kappa shape index (κ1) is 14.9. The summed E-state index contributed by atoms with van der Waals surface area (Å²) < 4.78 is 1.76. The zero-order valence-corrected chi connectivity index (χ0v) is 13.6. The molecule has 4 rings (SSSR count). The van der Waals surface area contributed by atoms with Crippen molar-refractivity contribution in [2.75, 3.05) is 13.1 Å². The number of fused-ring (bicyclic) bond motifs is 1. The minimum Gasteiger partial charge on any atom is -0.339 e. The van der Waals surface area contributed by atoms with E-state index in [9.17, 15) is 4.79 Å². The first-order chi connectivity index (χ1) is 11.8. The third-order valence-corrected chi connectivity index (χ3v) is 4.62. The van der Waals surface area contributed by atoms with E-state index in [1.165, 1.54) is 12.8 Å². The van der Waals surface area contributed by atoms with Crippen LogP contribution in [0.3, 0.4) is 0 Å². The van der Waals surface area contributed by atoms with E-state index in [0.717, 1.165) is 48.3 Å².